The average Bonchev–Trinajstić information content (AvgIpc) is 3.22. The minimum Gasteiger partial charge on any atom is -0.478 e. The van der Waals surface area contributed by atoms with Gasteiger partial charge in [-0.1, -0.05) is 0 Å². The largest absolute Gasteiger partial charge is 0.478 e. The van der Waals surface area contributed by atoms with E-state index >= 15 is 0 Å². The van der Waals surface area contributed by atoms with E-state index in [0.29, 0.717) is 23.6 Å². The Hall–Kier alpha value is -0.960. The van der Waals surface area contributed by atoms with Crippen molar-refractivity contribution in [1.29, 1.82) is 0 Å². The lowest BCUT2D eigenvalue weighted by Crippen LogP contribution is -2.34. The van der Waals surface area contributed by atoms with Crippen LogP contribution in [0.25, 0.3) is 0 Å². The maximum atomic E-state index is 12.1. The zero-order valence-corrected chi connectivity index (χ0v) is 13.9. The molecule has 2 rings (SSSR count). The third kappa shape index (κ3) is 4.26. The molecule has 0 atom stereocenters. The molecule has 0 amide bonds. The Morgan fingerprint density at radius 1 is 1.48 bits per heavy atom. The van der Waals surface area contributed by atoms with E-state index in [1.807, 2.05) is 7.05 Å². The van der Waals surface area contributed by atoms with E-state index in [2.05, 4.69) is 25.6 Å². The smallest absolute Gasteiger partial charge is 0.336 e. The topological polar surface area (TPSA) is 86.7 Å². The number of carbonyl (C=O) groups is 1. The van der Waals surface area contributed by atoms with Gasteiger partial charge < -0.3 is 10.0 Å². The molecule has 6 nitrogen and oxygen atoms in total. The molecule has 0 spiro atoms. The lowest BCUT2D eigenvalue weighted by atomic mass is 10.2. The number of halogens is 1. The van der Waals surface area contributed by atoms with E-state index in [1.165, 1.54) is 12.1 Å². The van der Waals surface area contributed by atoms with Crippen molar-refractivity contribution in [2.75, 3.05) is 20.1 Å². The van der Waals surface area contributed by atoms with Gasteiger partial charge in [0.25, 0.3) is 0 Å². The van der Waals surface area contributed by atoms with Crippen LogP contribution in [0.5, 0.6) is 0 Å². The maximum absolute atomic E-state index is 12.1. The highest BCUT2D eigenvalue weighted by molar-refractivity contribution is 9.10. The van der Waals surface area contributed by atoms with Crippen molar-refractivity contribution >= 4 is 31.9 Å². The number of likely N-dealkylation sites (N-methyl/N-ethyl adjacent to an activating group) is 1. The second-order valence-corrected chi connectivity index (χ2v) is 7.68. The highest BCUT2D eigenvalue weighted by atomic mass is 79.9. The molecule has 0 aliphatic heterocycles. The molecule has 8 heteroatoms. The maximum Gasteiger partial charge on any atom is 0.336 e. The van der Waals surface area contributed by atoms with E-state index in [4.69, 9.17) is 5.11 Å². The minimum atomic E-state index is -3.69. The van der Waals surface area contributed by atoms with E-state index in [9.17, 15) is 13.2 Å². The van der Waals surface area contributed by atoms with Crippen molar-refractivity contribution in [3.63, 3.8) is 0 Å². The molecule has 0 saturated heterocycles. The summed E-state index contributed by atoms with van der Waals surface area (Å²) in [5.41, 5.74) is -0.0760. The van der Waals surface area contributed by atoms with Crippen molar-refractivity contribution in [1.82, 2.24) is 9.62 Å². The summed E-state index contributed by atoms with van der Waals surface area (Å²) >= 11 is 3.09. The Labute approximate surface area is 132 Å². The molecule has 1 aliphatic carbocycles. The Balaban J connectivity index is 2.04. The predicted molar refractivity (Wildman–Crippen MR) is 81.9 cm³/mol. The SMILES string of the molecule is CN(CCNS(=O)(=O)c1ccc(Br)c(C(=O)O)c1)C1CC1. The summed E-state index contributed by atoms with van der Waals surface area (Å²) in [7, 11) is -1.73. The summed E-state index contributed by atoms with van der Waals surface area (Å²) in [6.07, 6.45) is 2.33. The number of nitrogens with zero attached hydrogens (tertiary/aromatic N) is 1. The molecule has 0 heterocycles. The standard InChI is InChI=1S/C13H17BrN2O4S/c1-16(9-2-3-9)7-6-15-21(19,20)10-4-5-12(14)11(8-10)13(17)18/h4-5,8-9,15H,2-3,6-7H2,1H3,(H,17,18). The molecular weight excluding hydrogens is 360 g/mol. The second kappa shape index (κ2) is 6.43. The summed E-state index contributed by atoms with van der Waals surface area (Å²) in [6, 6.07) is 4.53. The van der Waals surface area contributed by atoms with E-state index in [-0.39, 0.29) is 10.5 Å². The first kappa shape index (κ1) is 16.4. The fourth-order valence-electron chi connectivity index (χ4n) is 1.97. The molecule has 21 heavy (non-hydrogen) atoms. The molecule has 0 radical (unpaired) electrons. The molecule has 1 aromatic rings. The van der Waals surface area contributed by atoms with Gasteiger partial charge >= 0.3 is 5.97 Å². The van der Waals surface area contributed by atoms with E-state index < -0.39 is 16.0 Å². The fraction of sp³-hybridized carbons (Fsp3) is 0.462. The van der Waals surface area contributed by atoms with Crippen LogP contribution in [0.15, 0.2) is 27.6 Å². The Morgan fingerprint density at radius 2 is 2.14 bits per heavy atom. The molecule has 1 saturated carbocycles. The van der Waals surface area contributed by atoms with Crippen LogP contribution in [0, 0.1) is 0 Å². The van der Waals surface area contributed by atoms with Crippen LogP contribution in [-0.4, -0.2) is 50.6 Å². The first-order valence-electron chi connectivity index (χ1n) is 6.54. The summed E-state index contributed by atoms with van der Waals surface area (Å²) < 4.78 is 27.1. The highest BCUT2D eigenvalue weighted by Crippen LogP contribution is 2.25. The number of nitrogens with one attached hydrogen (secondary N) is 1. The van der Waals surface area contributed by atoms with Crippen molar-refractivity contribution in [3.8, 4) is 0 Å². The van der Waals surface area contributed by atoms with Gasteiger partial charge in [-0.25, -0.2) is 17.9 Å². The number of carboxylic acids is 1. The van der Waals surface area contributed by atoms with Crippen molar-refractivity contribution in [2.45, 2.75) is 23.8 Å². The van der Waals surface area contributed by atoms with Gasteiger partial charge in [-0.15, -0.1) is 0 Å². The highest BCUT2D eigenvalue weighted by Gasteiger charge is 2.26. The fourth-order valence-corrected chi connectivity index (χ4v) is 3.44. The number of hydrogen-bond donors (Lipinski definition) is 2. The van der Waals surface area contributed by atoms with Crippen LogP contribution in [0.1, 0.15) is 23.2 Å². The van der Waals surface area contributed by atoms with E-state index in [0.717, 1.165) is 18.9 Å². The van der Waals surface area contributed by atoms with Crippen LogP contribution < -0.4 is 4.72 Å². The number of sulfonamides is 1. The Kier molecular flexibility index (Phi) is 5.03. The zero-order chi connectivity index (χ0) is 15.6. The molecular formula is C13H17BrN2O4S. The van der Waals surface area contributed by atoms with Crippen molar-refractivity contribution < 1.29 is 18.3 Å². The molecule has 1 fully saturated rings. The van der Waals surface area contributed by atoms with Crippen molar-refractivity contribution in [3.05, 3.63) is 28.2 Å². The lowest BCUT2D eigenvalue weighted by molar-refractivity contribution is 0.0695. The van der Waals surface area contributed by atoms with Crippen LogP contribution in [0.2, 0.25) is 0 Å². The van der Waals surface area contributed by atoms with E-state index in [1.54, 1.807) is 0 Å². The quantitative estimate of drug-likeness (QED) is 0.753. The van der Waals surface area contributed by atoms with Gasteiger partial charge in [-0.3, -0.25) is 0 Å². The van der Waals surface area contributed by atoms with Gasteiger partial charge in [-0.2, -0.15) is 0 Å². The Bertz CT molecular complexity index is 644. The summed E-state index contributed by atoms with van der Waals surface area (Å²) in [6.45, 7) is 0.931. The molecule has 0 unspecified atom stereocenters. The zero-order valence-electron chi connectivity index (χ0n) is 11.5. The van der Waals surface area contributed by atoms with Gasteiger partial charge in [0.05, 0.1) is 10.5 Å². The lowest BCUT2D eigenvalue weighted by Gasteiger charge is -2.16. The molecule has 1 aromatic carbocycles. The molecule has 116 valence electrons. The number of hydrogen-bond acceptors (Lipinski definition) is 4. The first-order chi connectivity index (χ1) is 9.81. The third-order valence-corrected chi connectivity index (χ3v) is 5.56. The monoisotopic (exact) mass is 376 g/mol. The average molecular weight is 377 g/mol. The summed E-state index contributed by atoms with van der Waals surface area (Å²) in [5.74, 6) is -1.17. The van der Waals surface area contributed by atoms with Crippen LogP contribution in [0.4, 0.5) is 0 Å². The van der Waals surface area contributed by atoms with Crippen molar-refractivity contribution in [2.24, 2.45) is 0 Å². The molecule has 0 bridgehead atoms. The third-order valence-electron chi connectivity index (χ3n) is 3.41. The van der Waals surface area contributed by atoms with Gasteiger partial charge in [0, 0.05) is 23.6 Å². The van der Waals surface area contributed by atoms with Crippen LogP contribution in [0.3, 0.4) is 0 Å². The van der Waals surface area contributed by atoms with Crippen LogP contribution in [-0.2, 0) is 10.0 Å². The normalized spacial score (nSPS) is 15.4. The predicted octanol–water partition coefficient (Wildman–Crippen LogP) is 1.52. The van der Waals surface area contributed by atoms with Gasteiger partial charge in [0.1, 0.15) is 0 Å². The number of aromatic carboxylic acids is 1. The Morgan fingerprint density at radius 3 is 2.71 bits per heavy atom. The first-order valence-corrected chi connectivity index (χ1v) is 8.81. The van der Waals surface area contributed by atoms with Gasteiger partial charge in [0.2, 0.25) is 10.0 Å². The number of rotatable bonds is 7. The van der Waals surface area contributed by atoms with Gasteiger partial charge in [-0.05, 0) is 54.0 Å². The van der Waals surface area contributed by atoms with Gasteiger partial charge in [0.15, 0.2) is 0 Å². The molecule has 0 aromatic heterocycles. The summed E-state index contributed by atoms with van der Waals surface area (Å²) in [4.78, 5) is 13.1. The molecule has 2 N–H and O–H groups in total. The molecule has 1 aliphatic rings. The number of carboxylic acid groups (broad SMARTS) is 1. The minimum absolute atomic E-state index is 0.0443. The summed E-state index contributed by atoms with van der Waals surface area (Å²) in [5, 5.41) is 9.02. The second-order valence-electron chi connectivity index (χ2n) is 5.06. The number of benzene rings is 1. The van der Waals surface area contributed by atoms with Crippen LogP contribution >= 0.6 is 15.9 Å².